The fourth-order valence-corrected chi connectivity index (χ4v) is 2.74. The number of hydrogen-bond acceptors (Lipinski definition) is 2. The van der Waals surface area contributed by atoms with Gasteiger partial charge in [-0.25, -0.2) is 4.39 Å². The van der Waals surface area contributed by atoms with Crippen LogP contribution < -0.4 is 0 Å². The minimum Gasteiger partial charge on any atom is -0.300 e. The second kappa shape index (κ2) is 5.81. The summed E-state index contributed by atoms with van der Waals surface area (Å²) in [5.41, 5.74) is 1.23. The molecule has 1 aromatic carbocycles. The lowest BCUT2D eigenvalue weighted by atomic mass is 10.0. The molecule has 0 amide bonds. The van der Waals surface area contributed by atoms with Gasteiger partial charge in [0, 0.05) is 31.7 Å². The van der Waals surface area contributed by atoms with E-state index in [0.29, 0.717) is 12.1 Å². The van der Waals surface area contributed by atoms with Gasteiger partial charge in [-0.2, -0.15) is 0 Å². The maximum atomic E-state index is 13.0. The van der Waals surface area contributed by atoms with Crippen molar-refractivity contribution in [2.24, 2.45) is 0 Å². The SMILES string of the molecule is CCN1CCN(C(C)C)[C@H](c2ccc(F)cc2)C1. The zero-order chi connectivity index (χ0) is 13.1. The Hall–Kier alpha value is -0.930. The van der Waals surface area contributed by atoms with Crippen LogP contribution in [0, 0.1) is 5.82 Å². The fourth-order valence-electron chi connectivity index (χ4n) is 2.74. The molecule has 0 unspecified atom stereocenters. The number of halogens is 1. The topological polar surface area (TPSA) is 6.48 Å². The molecule has 1 aromatic rings. The third kappa shape index (κ3) is 2.90. The minimum absolute atomic E-state index is 0.155. The van der Waals surface area contributed by atoms with Crippen LogP contribution in [-0.4, -0.2) is 42.0 Å². The molecule has 2 rings (SSSR count). The summed E-state index contributed by atoms with van der Waals surface area (Å²) < 4.78 is 13.0. The summed E-state index contributed by atoms with van der Waals surface area (Å²) in [4.78, 5) is 4.98. The molecule has 18 heavy (non-hydrogen) atoms. The smallest absolute Gasteiger partial charge is 0.123 e. The molecule has 1 aliphatic rings. The average Bonchev–Trinajstić information content (AvgIpc) is 2.38. The van der Waals surface area contributed by atoms with Gasteiger partial charge in [-0.05, 0) is 38.1 Å². The first kappa shape index (κ1) is 13.5. The summed E-state index contributed by atoms with van der Waals surface area (Å²) in [6, 6.07) is 7.90. The zero-order valence-electron chi connectivity index (χ0n) is 11.6. The van der Waals surface area contributed by atoms with Crippen molar-refractivity contribution in [3.63, 3.8) is 0 Å². The van der Waals surface area contributed by atoms with Crippen molar-refractivity contribution < 1.29 is 4.39 Å². The third-order valence-corrected chi connectivity index (χ3v) is 3.87. The molecule has 1 aliphatic heterocycles. The lowest BCUT2D eigenvalue weighted by molar-refractivity contribution is 0.0534. The van der Waals surface area contributed by atoms with Gasteiger partial charge in [-0.3, -0.25) is 4.90 Å². The van der Waals surface area contributed by atoms with Crippen LogP contribution in [-0.2, 0) is 0 Å². The molecule has 0 aromatic heterocycles. The fraction of sp³-hybridized carbons (Fsp3) is 0.600. The normalized spacial score (nSPS) is 22.6. The molecule has 0 radical (unpaired) electrons. The molecule has 0 spiro atoms. The van der Waals surface area contributed by atoms with Crippen molar-refractivity contribution in [1.82, 2.24) is 9.80 Å². The molecule has 0 bridgehead atoms. The van der Waals surface area contributed by atoms with Crippen molar-refractivity contribution in [3.8, 4) is 0 Å². The van der Waals surface area contributed by atoms with E-state index in [-0.39, 0.29) is 5.82 Å². The first-order chi connectivity index (χ1) is 8.61. The van der Waals surface area contributed by atoms with Crippen molar-refractivity contribution >= 4 is 0 Å². The molecule has 0 N–H and O–H groups in total. The lowest BCUT2D eigenvalue weighted by Gasteiger charge is -2.43. The van der Waals surface area contributed by atoms with Crippen LogP contribution in [0.2, 0.25) is 0 Å². The molecule has 100 valence electrons. The van der Waals surface area contributed by atoms with Gasteiger partial charge < -0.3 is 4.90 Å². The standard InChI is InChI=1S/C15H23FN2/c1-4-17-9-10-18(12(2)3)15(11-17)13-5-7-14(16)8-6-13/h5-8,12,15H,4,9-11H2,1-3H3/t15-/m0/s1. The molecule has 1 fully saturated rings. The molecule has 1 heterocycles. The largest absolute Gasteiger partial charge is 0.300 e. The lowest BCUT2D eigenvalue weighted by Crippen LogP contribution is -2.50. The Bertz CT molecular complexity index is 375. The van der Waals surface area contributed by atoms with Gasteiger partial charge in [0.25, 0.3) is 0 Å². The van der Waals surface area contributed by atoms with Gasteiger partial charge in [0.1, 0.15) is 5.82 Å². The van der Waals surface area contributed by atoms with Crippen molar-refractivity contribution in [3.05, 3.63) is 35.6 Å². The van der Waals surface area contributed by atoms with E-state index < -0.39 is 0 Å². The monoisotopic (exact) mass is 250 g/mol. The highest BCUT2D eigenvalue weighted by Crippen LogP contribution is 2.27. The summed E-state index contributed by atoms with van der Waals surface area (Å²) in [5.74, 6) is -0.155. The Morgan fingerprint density at radius 1 is 1.22 bits per heavy atom. The molecular formula is C15H23FN2. The number of nitrogens with zero attached hydrogens (tertiary/aromatic N) is 2. The summed E-state index contributed by atoms with van der Waals surface area (Å²) in [5, 5.41) is 0. The Morgan fingerprint density at radius 2 is 1.89 bits per heavy atom. The highest BCUT2D eigenvalue weighted by Gasteiger charge is 2.28. The minimum atomic E-state index is -0.155. The number of benzene rings is 1. The molecule has 2 nitrogen and oxygen atoms in total. The van der Waals surface area contributed by atoms with E-state index in [0.717, 1.165) is 26.2 Å². The number of likely N-dealkylation sites (N-methyl/N-ethyl adjacent to an activating group) is 1. The predicted octanol–water partition coefficient (Wildman–Crippen LogP) is 2.91. The van der Waals surface area contributed by atoms with Gasteiger partial charge in [-0.15, -0.1) is 0 Å². The summed E-state index contributed by atoms with van der Waals surface area (Å²) in [6.07, 6.45) is 0. The van der Waals surface area contributed by atoms with Crippen molar-refractivity contribution in [2.75, 3.05) is 26.2 Å². The maximum absolute atomic E-state index is 13.0. The second-order valence-corrected chi connectivity index (χ2v) is 5.29. The maximum Gasteiger partial charge on any atom is 0.123 e. The van der Waals surface area contributed by atoms with Crippen molar-refractivity contribution in [1.29, 1.82) is 0 Å². The van der Waals surface area contributed by atoms with Crippen molar-refractivity contribution in [2.45, 2.75) is 32.9 Å². The molecule has 1 atom stereocenters. The number of piperazine rings is 1. The van der Waals surface area contributed by atoms with Gasteiger partial charge >= 0.3 is 0 Å². The van der Waals surface area contributed by atoms with Gasteiger partial charge in [0.2, 0.25) is 0 Å². The summed E-state index contributed by atoms with van der Waals surface area (Å²) in [6.45, 7) is 11.0. The predicted molar refractivity (Wildman–Crippen MR) is 73.1 cm³/mol. The highest BCUT2D eigenvalue weighted by molar-refractivity contribution is 5.21. The Balaban J connectivity index is 2.21. The van der Waals surface area contributed by atoms with Gasteiger partial charge in [0.05, 0.1) is 0 Å². The molecular weight excluding hydrogens is 227 g/mol. The van der Waals surface area contributed by atoms with E-state index in [1.54, 1.807) is 12.1 Å². The summed E-state index contributed by atoms with van der Waals surface area (Å²) >= 11 is 0. The highest BCUT2D eigenvalue weighted by atomic mass is 19.1. The van der Waals surface area contributed by atoms with Crippen LogP contribution in [0.5, 0.6) is 0 Å². The molecule has 1 saturated heterocycles. The number of rotatable bonds is 3. The first-order valence-electron chi connectivity index (χ1n) is 6.85. The third-order valence-electron chi connectivity index (χ3n) is 3.87. The average molecular weight is 250 g/mol. The molecule has 0 aliphatic carbocycles. The van der Waals surface area contributed by atoms with Crippen LogP contribution in [0.25, 0.3) is 0 Å². The van der Waals surface area contributed by atoms with Crippen LogP contribution in [0.1, 0.15) is 32.4 Å². The second-order valence-electron chi connectivity index (χ2n) is 5.29. The molecule has 3 heteroatoms. The van der Waals surface area contributed by atoms with Crippen LogP contribution in [0.3, 0.4) is 0 Å². The van der Waals surface area contributed by atoms with E-state index in [1.807, 2.05) is 12.1 Å². The van der Waals surface area contributed by atoms with Gasteiger partial charge in [-0.1, -0.05) is 19.1 Å². The van der Waals surface area contributed by atoms with E-state index >= 15 is 0 Å². The Labute approximate surface area is 109 Å². The van der Waals surface area contributed by atoms with Crippen LogP contribution in [0.4, 0.5) is 4.39 Å². The number of hydrogen-bond donors (Lipinski definition) is 0. The summed E-state index contributed by atoms with van der Waals surface area (Å²) in [7, 11) is 0. The van der Waals surface area contributed by atoms with Crippen LogP contribution in [0.15, 0.2) is 24.3 Å². The Kier molecular flexibility index (Phi) is 4.36. The van der Waals surface area contributed by atoms with E-state index in [2.05, 4.69) is 30.6 Å². The quantitative estimate of drug-likeness (QED) is 0.814. The van der Waals surface area contributed by atoms with E-state index in [9.17, 15) is 4.39 Å². The van der Waals surface area contributed by atoms with E-state index in [1.165, 1.54) is 5.56 Å². The first-order valence-corrected chi connectivity index (χ1v) is 6.85. The Morgan fingerprint density at radius 3 is 2.44 bits per heavy atom. The van der Waals surface area contributed by atoms with Crippen LogP contribution >= 0.6 is 0 Å². The zero-order valence-corrected chi connectivity index (χ0v) is 11.6. The van der Waals surface area contributed by atoms with E-state index in [4.69, 9.17) is 0 Å². The van der Waals surface area contributed by atoms with Gasteiger partial charge in [0.15, 0.2) is 0 Å². The molecule has 0 saturated carbocycles.